The van der Waals surface area contributed by atoms with Gasteiger partial charge in [0.15, 0.2) is 0 Å². The summed E-state index contributed by atoms with van der Waals surface area (Å²) in [5.41, 5.74) is 0.519. The van der Waals surface area contributed by atoms with E-state index < -0.39 is 5.82 Å². The molecule has 6 heteroatoms. The van der Waals surface area contributed by atoms with Gasteiger partial charge in [0.05, 0.1) is 16.3 Å². The number of nitrogens with one attached hydrogen (secondary N) is 2. The predicted octanol–water partition coefficient (Wildman–Crippen LogP) is 2.86. The van der Waals surface area contributed by atoms with Gasteiger partial charge < -0.3 is 10.6 Å². The number of rotatable bonds is 5. The van der Waals surface area contributed by atoms with E-state index in [0.29, 0.717) is 12.1 Å². The van der Waals surface area contributed by atoms with Crippen molar-refractivity contribution in [3.8, 4) is 0 Å². The van der Waals surface area contributed by atoms with E-state index in [0.717, 1.165) is 5.01 Å². The maximum atomic E-state index is 13.6. The average Bonchev–Trinajstić information content (AvgIpc) is 2.98. The number of hydrogen-bond donors (Lipinski definition) is 2. The lowest BCUT2D eigenvalue weighted by Crippen LogP contribution is -2.28. The summed E-state index contributed by atoms with van der Waals surface area (Å²) in [7, 11) is 1.59. The van der Waals surface area contributed by atoms with Crippen molar-refractivity contribution >= 4 is 22.9 Å². The molecule has 106 valence electrons. The number of carbonyl (C=O) groups is 1. The van der Waals surface area contributed by atoms with Crippen molar-refractivity contribution in [1.82, 2.24) is 10.3 Å². The van der Waals surface area contributed by atoms with E-state index in [2.05, 4.69) is 15.6 Å². The van der Waals surface area contributed by atoms with Crippen molar-refractivity contribution in [3.63, 3.8) is 0 Å². The molecule has 0 aliphatic rings. The van der Waals surface area contributed by atoms with Gasteiger partial charge in [-0.2, -0.15) is 0 Å². The molecule has 1 unspecified atom stereocenters. The van der Waals surface area contributed by atoms with E-state index in [-0.39, 0.29) is 17.5 Å². The monoisotopic (exact) mass is 293 g/mol. The first kappa shape index (κ1) is 14.5. The minimum Gasteiger partial charge on any atom is -0.385 e. The summed E-state index contributed by atoms with van der Waals surface area (Å²) in [4.78, 5) is 16.3. The zero-order chi connectivity index (χ0) is 14.5. The van der Waals surface area contributed by atoms with Crippen molar-refractivity contribution in [1.29, 1.82) is 0 Å². The van der Waals surface area contributed by atoms with Gasteiger partial charge in [0, 0.05) is 31.1 Å². The molecule has 2 rings (SSSR count). The van der Waals surface area contributed by atoms with E-state index in [1.165, 1.54) is 12.1 Å². The largest absolute Gasteiger partial charge is 0.385 e. The highest BCUT2D eigenvalue weighted by atomic mass is 32.1. The molecule has 1 aromatic carbocycles. The van der Waals surface area contributed by atoms with Crippen molar-refractivity contribution in [3.05, 3.63) is 46.2 Å². The molecule has 4 nitrogen and oxygen atoms in total. The fourth-order valence-electron chi connectivity index (χ4n) is 1.87. The fourth-order valence-corrected chi connectivity index (χ4v) is 2.57. The Kier molecular flexibility index (Phi) is 4.68. The normalized spacial score (nSPS) is 11.9. The lowest BCUT2D eigenvalue weighted by atomic mass is 10.1. The van der Waals surface area contributed by atoms with Crippen LogP contribution in [0.2, 0.25) is 0 Å². The molecule has 0 fully saturated rings. The van der Waals surface area contributed by atoms with Crippen LogP contribution >= 0.6 is 11.3 Å². The highest BCUT2D eigenvalue weighted by molar-refractivity contribution is 7.09. The molecule has 0 aliphatic heterocycles. The number of anilines is 1. The number of hydrogen-bond acceptors (Lipinski definition) is 4. The summed E-state index contributed by atoms with van der Waals surface area (Å²) in [5, 5.41) is 8.40. The Hall–Kier alpha value is -1.95. The van der Waals surface area contributed by atoms with Gasteiger partial charge in [0.25, 0.3) is 5.91 Å². The van der Waals surface area contributed by atoms with Crippen LogP contribution in [0.15, 0.2) is 29.8 Å². The maximum absolute atomic E-state index is 13.6. The third-order valence-electron chi connectivity index (χ3n) is 2.95. The number of nitrogens with zero attached hydrogens (tertiary/aromatic N) is 1. The van der Waals surface area contributed by atoms with Crippen LogP contribution in [0.3, 0.4) is 0 Å². The standard InChI is InChI=1S/C14H16FN3OS/c1-9(14-17-6-7-20-14)8-18-13(19)10-4-3-5-11(15)12(10)16-2/h3-7,9,16H,8H2,1-2H3,(H,18,19). The molecule has 1 aromatic heterocycles. The van der Waals surface area contributed by atoms with Crippen molar-refractivity contribution in [2.75, 3.05) is 18.9 Å². The van der Waals surface area contributed by atoms with Crippen LogP contribution in [-0.4, -0.2) is 24.5 Å². The summed E-state index contributed by atoms with van der Waals surface area (Å²) >= 11 is 1.55. The Morgan fingerprint density at radius 2 is 2.30 bits per heavy atom. The molecule has 1 atom stereocenters. The SMILES string of the molecule is CNc1c(F)cccc1C(=O)NCC(C)c1nccs1. The number of halogens is 1. The summed E-state index contributed by atoms with van der Waals surface area (Å²) in [6.07, 6.45) is 1.74. The molecule has 20 heavy (non-hydrogen) atoms. The van der Waals surface area contributed by atoms with Gasteiger partial charge in [-0.25, -0.2) is 9.37 Å². The first-order valence-electron chi connectivity index (χ1n) is 6.27. The molecule has 1 amide bonds. The first-order chi connectivity index (χ1) is 9.63. The van der Waals surface area contributed by atoms with Crippen LogP contribution in [0.4, 0.5) is 10.1 Å². The number of amides is 1. The molecular weight excluding hydrogens is 277 g/mol. The fraction of sp³-hybridized carbons (Fsp3) is 0.286. The molecular formula is C14H16FN3OS. The van der Waals surface area contributed by atoms with Crippen LogP contribution in [0, 0.1) is 5.82 Å². The van der Waals surface area contributed by atoms with Crippen molar-refractivity contribution in [2.24, 2.45) is 0 Å². The summed E-state index contributed by atoms with van der Waals surface area (Å²) in [6.45, 7) is 2.45. The van der Waals surface area contributed by atoms with Crippen molar-refractivity contribution < 1.29 is 9.18 Å². The maximum Gasteiger partial charge on any atom is 0.253 e. The zero-order valence-electron chi connectivity index (χ0n) is 11.3. The van der Waals surface area contributed by atoms with Crippen LogP contribution in [0.1, 0.15) is 28.2 Å². The molecule has 2 N–H and O–H groups in total. The highest BCUT2D eigenvalue weighted by Crippen LogP contribution is 2.20. The minimum atomic E-state index is -0.437. The number of para-hydroxylation sites is 1. The second-order valence-electron chi connectivity index (χ2n) is 4.39. The molecule has 0 radical (unpaired) electrons. The van der Waals surface area contributed by atoms with Crippen LogP contribution in [0.5, 0.6) is 0 Å². The second kappa shape index (κ2) is 6.47. The minimum absolute atomic E-state index is 0.130. The number of aromatic nitrogens is 1. The first-order valence-corrected chi connectivity index (χ1v) is 7.15. The van der Waals surface area contributed by atoms with E-state index in [1.54, 1.807) is 30.6 Å². The molecule has 0 saturated heterocycles. The predicted molar refractivity (Wildman–Crippen MR) is 78.8 cm³/mol. The van der Waals surface area contributed by atoms with Gasteiger partial charge in [-0.3, -0.25) is 4.79 Å². The molecule has 0 aliphatic carbocycles. The molecule has 0 bridgehead atoms. The smallest absolute Gasteiger partial charge is 0.253 e. The summed E-state index contributed by atoms with van der Waals surface area (Å²) in [5.74, 6) is -0.601. The third-order valence-corrected chi connectivity index (χ3v) is 3.96. The van der Waals surface area contributed by atoms with E-state index in [9.17, 15) is 9.18 Å². The Balaban J connectivity index is 2.04. The Morgan fingerprint density at radius 1 is 1.50 bits per heavy atom. The van der Waals surface area contributed by atoms with Crippen LogP contribution in [0.25, 0.3) is 0 Å². The van der Waals surface area contributed by atoms with Crippen LogP contribution < -0.4 is 10.6 Å². The third kappa shape index (κ3) is 3.14. The van der Waals surface area contributed by atoms with E-state index in [1.807, 2.05) is 12.3 Å². The highest BCUT2D eigenvalue weighted by Gasteiger charge is 2.15. The van der Waals surface area contributed by atoms with Crippen LogP contribution in [-0.2, 0) is 0 Å². The molecule has 2 aromatic rings. The number of thiazole rings is 1. The molecule has 0 spiro atoms. The number of benzene rings is 1. The van der Waals surface area contributed by atoms with Gasteiger partial charge in [0.2, 0.25) is 0 Å². The molecule has 1 heterocycles. The zero-order valence-corrected chi connectivity index (χ0v) is 12.1. The number of carbonyl (C=O) groups excluding carboxylic acids is 1. The lowest BCUT2D eigenvalue weighted by Gasteiger charge is -2.13. The van der Waals surface area contributed by atoms with Gasteiger partial charge in [-0.05, 0) is 12.1 Å². The second-order valence-corrected chi connectivity index (χ2v) is 5.32. The van der Waals surface area contributed by atoms with Gasteiger partial charge in [0.1, 0.15) is 5.82 Å². The Bertz CT molecular complexity index is 586. The van der Waals surface area contributed by atoms with Gasteiger partial charge in [-0.1, -0.05) is 13.0 Å². The average molecular weight is 293 g/mol. The van der Waals surface area contributed by atoms with Crippen molar-refractivity contribution in [2.45, 2.75) is 12.8 Å². The van der Waals surface area contributed by atoms with E-state index in [4.69, 9.17) is 0 Å². The lowest BCUT2D eigenvalue weighted by molar-refractivity contribution is 0.0952. The van der Waals surface area contributed by atoms with E-state index >= 15 is 0 Å². The topological polar surface area (TPSA) is 54.0 Å². The summed E-state index contributed by atoms with van der Waals surface area (Å²) < 4.78 is 13.6. The van der Waals surface area contributed by atoms with Gasteiger partial charge in [-0.15, -0.1) is 11.3 Å². The molecule has 0 saturated carbocycles. The Labute approximate surface area is 121 Å². The quantitative estimate of drug-likeness (QED) is 0.891. The van der Waals surface area contributed by atoms with Gasteiger partial charge >= 0.3 is 0 Å². The Morgan fingerprint density at radius 3 is 2.95 bits per heavy atom. The summed E-state index contributed by atoms with van der Waals surface area (Å²) in [6, 6.07) is 4.44.